The number of hydrogen-bond donors (Lipinski definition) is 2. The highest BCUT2D eigenvalue weighted by Crippen LogP contribution is 2.31. The van der Waals surface area contributed by atoms with Crippen molar-refractivity contribution in [3.8, 4) is 0 Å². The van der Waals surface area contributed by atoms with Crippen LogP contribution in [-0.2, 0) is 4.79 Å². The van der Waals surface area contributed by atoms with Crippen molar-refractivity contribution >= 4 is 34.9 Å². The van der Waals surface area contributed by atoms with E-state index < -0.39 is 23.4 Å². The van der Waals surface area contributed by atoms with Crippen LogP contribution in [0.25, 0.3) is 0 Å². The number of amides is 1. The van der Waals surface area contributed by atoms with E-state index >= 15 is 0 Å². The van der Waals surface area contributed by atoms with E-state index in [-0.39, 0.29) is 45.4 Å². The second-order valence-electron chi connectivity index (χ2n) is 9.90. The largest absolute Gasteiger partial charge is 0.326 e. The van der Waals surface area contributed by atoms with Crippen molar-refractivity contribution in [3.63, 3.8) is 0 Å². The Balaban J connectivity index is 1.75. The molecule has 0 atom stereocenters. The summed E-state index contributed by atoms with van der Waals surface area (Å²) < 4.78 is 40.7. The Morgan fingerprint density at radius 2 is 1.69 bits per heavy atom. The standard InChI is InChI=1S/C26H29ClF3N3O2/c1-26(2,3)23(34)10-15-4-7-19(8-5-15)31-25(32-20-13-17(27)12-18(28)14-20)33-24(35)16-6-9-21(29)22(30)11-16/h6,9,11-15,19H,4-5,7-8,10H2,1-3H3,(H2,31,32,33,35). The van der Waals surface area contributed by atoms with Gasteiger partial charge in [0.15, 0.2) is 11.6 Å². The third-order valence-corrected chi connectivity index (χ3v) is 6.20. The van der Waals surface area contributed by atoms with Crippen LogP contribution in [-0.4, -0.2) is 23.7 Å². The molecule has 1 aliphatic carbocycles. The maximum Gasteiger partial charge on any atom is 0.258 e. The molecule has 1 fully saturated rings. The Morgan fingerprint density at radius 3 is 2.29 bits per heavy atom. The number of ketones is 1. The van der Waals surface area contributed by atoms with Crippen LogP contribution < -0.4 is 10.6 Å². The molecule has 0 saturated heterocycles. The number of rotatable bonds is 5. The first-order chi connectivity index (χ1) is 16.4. The van der Waals surface area contributed by atoms with Gasteiger partial charge in [0.1, 0.15) is 11.6 Å². The first kappa shape index (κ1) is 26.7. The lowest BCUT2D eigenvalue weighted by Crippen LogP contribution is -2.37. The minimum atomic E-state index is -1.15. The number of carbonyl (C=O) groups is 2. The van der Waals surface area contributed by atoms with Gasteiger partial charge < -0.3 is 5.32 Å². The fourth-order valence-corrected chi connectivity index (χ4v) is 4.13. The molecule has 1 amide bonds. The fourth-order valence-electron chi connectivity index (χ4n) is 3.90. The van der Waals surface area contributed by atoms with Gasteiger partial charge in [-0.25, -0.2) is 18.2 Å². The summed E-state index contributed by atoms with van der Waals surface area (Å²) >= 11 is 5.94. The van der Waals surface area contributed by atoms with Crippen LogP contribution in [0.3, 0.4) is 0 Å². The Bertz CT molecular complexity index is 1100. The molecular formula is C26H29ClF3N3O2. The molecule has 9 heteroatoms. The highest BCUT2D eigenvalue weighted by molar-refractivity contribution is 6.31. The van der Waals surface area contributed by atoms with E-state index in [1.165, 1.54) is 12.1 Å². The zero-order chi connectivity index (χ0) is 25.8. The van der Waals surface area contributed by atoms with E-state index in [0.717, 1.165) is 37.1 Å². The van der Waals surface area contributed by atoms with Gasteiger partial charge in [-0.05, 0) is 68.0 Å². The summed E-state index contributed by atoms with van der Waals surface area (Å²) in [5, 5.41) is 5.59. The van der Waals surface area contributed by atoms with Crippen molar-refractivity contribution in [3.05, 3.63) is 64.4 Å². The van der Waals surface area contributed by atoms with E-state index in [4.69, 9.17) is 11.6 Å². The van der Waals surface area contributed by atoms with Crippen molar-refractivity contribution < 1.29 is 22.8 Å². The quantitative estimate of drug-likeness (QED) is 0.357. The lowest BCUT2D eigenvalue weighted by Gasteiger charge is -2.28. The summed E-state index contributed by atoms with van der Waals surface area (Å²) in [6.07, 6.45) is 3.56. The van der Waals surface area contributed by atoms with Crippen molar-refractivity contribution in [1.82, 2.24) is 5.32 Å². The van der Waals surface area contributed by atoms with Crippen molar-refractivity contribution in [2.45, 2.75) is 58.9 Å². The molecule has 0 bridgehead atoms. The monoisotopic (exact) mass is 507 g/mol. The Labute approximate surface area is 208 Å². The van der Waals surface area contributed by atoms with Crippen molar-refractivity contribution in [2.75, 3.05) is 5.32 Å². The number of aliphatic imine (C=N–C) groups is 1. The predicted molar refractivity (Wildman–Crippen MR) is 131 cm³/mol. The fraction of sp³-hybridized carbons (Fsp3) is 0.423. The summed E-state index contributed by atoms with van der Waals surface area (Å²) in [7, 11) is 0. The van der Waals surface area contributed by atoms with Gasteiger partial charge in [0.05, 0.1) is 6.04 Å². The Morgan fingerprint density at radius 1 is 1.00 bits per heavy atom. The number of carbonyl (C=O) groups excluding carboxylic acids is 2. The van der Waals surface area contributed by atoms with Crippen LogP contribution >= 0.6 is 11.6 Å². The average Bonchev–Trinajstić information content (AvgIpc) is 2.75. The maximum absolute atomic E-state index is 13.8. The van der Waals surface area contributed by atoms with Crippen LogP contribution in [0.1, 0.15) is 63.2 Å². The van der Waals surface area contributed by atoms with Gasteiger partial charge in [-0.15, -0.1) is 0 Å². The van der Waals surface area contributed by atoms with Gasteiger partial charge in [0.25, 0.3) is 5.91 Å². The number of hydrogen-bond acceptors (Lipinski definition) is 3. The number of guanidine groups is 1. The molecule has 0 radical (unpaired) electrons. The van der Waals surface area contributed by atoms with Gasteiger partial charge in [0, 0.05) is 28.1 Å². The summed E-state index contributed by atoms with van der Waals surface area (Å²) in [6.45, 7) is 5.74. The zero-order valence-electron chi connectivity index (χ0n) is 19.9. The number of Topliss-reactive ketones (excluding diaryl/α,β-unsaturated/α-hetero) is 1. The van der Waals surface area contributed by atoms with E-state index in [9.17, 15) is 22.8 Å². The Kier molecular flexibility index (Phi) is 8.59. The van der Waals surface area contributed by atoms with E-state index in [2.05, 4.69) is 15.6 Å². The minimum Gasteiger partial charge on any atom is -0.326 e. The zero-order valence-corrected chi connectivity index (χ0v) is 20.7. The molecule has 3 rings (SSSR count). The second kappa shape index (κ2) is 11.2. The molecule has 0 aromatic heterocycles. The van der Waals surface area contributed by atoms with Crippen LogP contribution in [0.5, 0.6) is 0 Å². The van der Waals surface area contributed by atoms with E-state index in [1.807, 2.05) is 20.8 Å². The van der Waals surface area contributed by atoms with Crippen LogP contribution in [0.2, 0.25) is 5.02 Å². The van der Waals surface area contributed by atoms with Crippen LogP contribution in [0.15, 0.2) is 41.4 Å². The van der Waals surface area contributed by atoms with Gasteiger partial charge in [0.2, 0.25) is 5.96 Å². The normalized spacial score (nSPS) is 18.8. The lowest BCUT2D eigenvalue weighted by molar-refractivity contribution is -0.127. The highest BCUT2D eigenvalue weighted by Gasteiger charge is 2.28. The third kappa shape index (κ3) is 7.82. The molecule has 5 nitrogen and oxygen atoms in total. The molecule has 1 aliphatic rings. The molecule has 188 valence electrons. The average molecular weight is 508 g/mol. The maximum atomic E-state index is 13.8. The molecule has 2 N–H and O–H groups in total. The van der Waals surface area contributed by atoms with Gasteiger partial charge >= 0.3 is 0 Å². The highest BCUT2D eigenvalue weighted by atomic mass is 35.5. The molecule has 1 saturated carbocycles. The van der Waals surface area contributed by atoms with E-state index in [0.29, 0.717) is 19.3 Å². The third-order valence-electron chi connectivity index (χ3n) is 5.98. The second-order valence-corrected chi connectivity index (χ2v) is 10.3. The predicted octanol–water partition coefficient (Wildman–Crippen LogP) is 6.52. The topological polar surface area (TPSA) is 70.6 Å². The number of halogens is 4. The molecule has 0 heterocycles. The van der Waals surface area contributed by atoms with Crippen molar-refractivity contribution in [1.29, 1.82) is 0 Å². The molecule has 0 unspecified atom stereocenters. The minimum absolute atomic E-state index is 0.0376. The molecule has 0 spiro atoms. The number of anilines is 1. The van der Waals surface area contributed by atoms with Crippen molar-refractivity contribution in [2.24, 2.45) is 16.3 Å². The van der Waals surface area contributed by atoms with E-state index in [1.54, 1.807) is 0 Å². The smallest absolute Gasteiger partial charge is 0.258 e. The molecule has 2 aromatic rings. The summed E-state index contributed by atoms with van der Waals surface area (Å²) in [4.78, 5) is 29.7. The lowest BCUT2D eigenvalue weighted by atomic mass is 9.78. The number of nitrogens with one attached hydrogen (secondary N) is 2. The summed E-state index contributed by atoms with van der Waals surface area (Å²) in [5.74, 6) is -2.95. The van der Waals surface area contributed by atoms with Crippen LogP contribution in [0.4, 0.5) is 18.9 Å². The molecule has 2 aromatic carbocycles. The first-order valence-corrected chi connectivity index (χ1v) is 11.9. The summed E-state index contributed by atoms with van der Waals surface area (Å²) in [5.41, 5.74) is -0.202. The first-order valence-electron chi connectivity index (χ1n) is 11.5. The molecule has 0 aliphatic heterocycles. The Hall–Kier alpha value is -2.87. The number of benzene rings is 2. The summed E-state index contributed by atoms with van der Waals surface area (Å²) in [6, 6.07) is 6.47. The SMILES string of the molecule is CC(C)(C)C(=O)CC1CCC(N=C(NC(=O)c2ccc(F)c(F)c2)Nc2cc(F)cc(Cl)c2)CC1. The molecule has 35 heavy (non-hydrogen) atoms. The van der Waals surface area contributed by atoms with Gasteiger partial charge in [-0.2, -0.15) is 0 Å². The number of nitrogens with zero attached hydrogens (tertiary/aromatic N) is 1. The van der Waals surface area contributed by atoms with Crippen LogP contribution in [0, 0.1) is 28.8 Å². The molecular weight excluding hydrogens is 479 g/mol. The van der Waals surface area contributed by atoms with Gasteiger partial charge in [-0.3, -0.25) is 14.9 Å². The van der Waals surface area contributed by atoms with Gasteiger partial charge in [-0.1, -0.05) is 32.4 Å².